The highest BCUT2D eigenvalue weighted by Gasteiger charge is 2.28. The van der Waals surface area contributed by atoms with E-state index in [0.29, 0.717) is 12.1 Å². The van der Waals surface area contributed by atoms with Crippen molar-refractivity contribution in [3.8, 4) is 0 Å². The molecular weight excluding hydrogens is 190 g/mol. The Morgan fingerprint density at radius 1 is 1.47 bits per heavy atom. The molecule has 0 bridgehead atoms. The Hall–Kier alpha value is -0.870. The van der Waals surface area contributed by atoms with Crippen molar-refractivity contribution in [1.29, 1.82) is 0 Å². The highest BCUT2D eigenvalue weighted by atomic mass is 16.6. The van der Waals surface area contributed by atoms with Crippen LogP contribution in [-0.2, 0) is 4.74 Å². The van der Waals surface area contributed by atoms with Crippen molar-refractivity contribution in [2.75, 3.05) is 26.2 Å². The van der Waals surface area contributed by atoms with E-state index in [1.165, 1.54) is 19.4 Å². The van der Waals surface area contributed by atoms with Gasteiger partial charge in [-0.25, -0.2) is 4.98 Å². The first kappa shape index (κ1) is 9.36. The van der Waals surface area contributed by atoms with Crippen molar-refractivity contribution in [3.05, 3.63) is 18.7 Å². The molecule has 0 saturated carbocycles. The smallest absolute Gasteiger partial charge is 0.0948 e. The summed E-state index contributed by atoms with van der Waals surface area (Å²) >= 11 is 0. The van der Waals surface area contributed by atoms with E-state index in [2.05, 4.69) is 20.6 Å². The van der Waals surface area contributed by atoms with Gasteiger partial charge < -0.3 is 9.30 Å². The predicted molar refractivity (Wildman–Crippen MR) is 56.7 cm³/mol. The van der Waals surface area contributed by atoms with Crippen LogP contribution < -0.4 is 0 Å². The summed E-state index contributed by atoms with van der Waals surface area (Å²) in [4.78, 5) is 6.64. The minimum absolute atomic E-state index is 0.520. The molecule has 2 fully saturated rings. The van der Waals surface area contributed by atoms with Gasteiger partial charge in [0.2, 0.25) is 0 Å². The third-order valence-corrected chi connectivity index (χ3v) is 3.29. The van der Waals surface area contributed by atoms with E-state index in [9.17, 15) is 0 Å². The highest BCUT2D eigenvalue weighted by molar-refractivity contribution is 4.86. The molecule has 3 heterocycles. The average molecular weight is 207 g/mol. The Bertz CT molecular complexity index is 308. The van der Waals surface area contributed by atoms with E-state index in [4.69, 9.17) is 4.74 Å². The van der Waals surface area contributed by atoms with Gasteiger partial charge in [-0.2, -0.15) is 0 Å². The summed E-state index contributed by atoms with van der Waals surface area (Å²) in [7, 11) is 0. The second-order valence-corrected chi connectivity index (χ2v) is 4.52. The summed E-state index contributed by atoms with van der Waals surface area (Å²) in [6, 6.07) is 0.611. The zero-order chi connectivity index (χ0) is 10.1. The monoisotopic (exact) mass is 207 g/mol. The van der Waals surface area contributed by atoms with Crippen LogP contribution in [0.3, 0.4) is 0 Å². The molecule has 0 N–H and O–H groups in total. The SMILES string of the molecule is c1cn([C@H]2CCCN(C[C@H]3CO3)C2)cn1. The zero-order valence-corrected chi connectivity index (χ0v) is 8.88. The molecule has 82 valence electrons. The number of likely N-dealkylation sites (tertiary alicyclic amines) is 1. The second kappa shape index (κ2) is 3.94. The van der Waals surface area contributed by atoms with Crippen molar-refractivity contribution in [1.82, 2.24) is 14.5 Å². The summed E-state index contributed by atoms with van der Waals surface area (Å²) in [5.74, 6) is 0. The van der Waals surface area contributed by atoms with Gasteiger partial charge in [0.05, 0.1) is 19.0 Å². The number of rotatable bonds is 3. The van der Waals surface area contributed by atoms with Gasteiger partial charge in [-0.1, -0.05) is 0 Å². The van der Waals surface area contributed by atoms with Crippen molar-refractivity contribution < 1.29 is 4.74 Å². The number of hydrogen-bond acceptors (Lipinski definition) is 3. The minimum atomic E-state index is 0.520. The normalized spacial score (nSPS) is 31.7. The number of piperidine rings is 1. The summed E-state index contributed by atoms with van der Waals surface area (Å²) in [6.07, 6.45) is 8.95. The van der Waals surface area contributed by atoms with Gasteiger partial charge in [0, 0.05) is 31.5 Å². The largest absolute Gasteiger partial charge is 0.372 e. The number of nitrogens with zero attached hydrogens (tertiary/aromatic N) is 3. The van der Waals surface area contributed by atoms with E-state index >= 15 is 0 Å². The molecule has 1 aromatic heterocycles. The van der Waals surface area contributed by atoms with Gasteiger partial charge in [0.25, 0.3) is 0 Å². The fourth-order valence-electron chi connectivity index (χ4n) is 2.39. The summed E-state index contributed by atoms with van der Waals surface area (Å²) in [6.45, 7) is 4.46. The average Bonchev–Trinajstić information content (AvgIpc) is 2.91. The van der Waals surface area contributed by atoms with Crippen molar-refractivity contribution in [3.63, 3.8) is 0 Å². The molecule has 1 aromatic rings. The Kier molecular flexibility index (Phi) is 2.46. The van der Waals surface area contributed by atoms with Crippen LogP contribution in [-0.4, -0.2) is 46.8 Å². The molecule has 0 aromatic carbocycles. The molecule has 15 heavy (non-hydrogen) atoms. The standard InChI is InChI=1S/C11H17N3O/c1-2-10(14-5-3-12-9-14)6-13(4-1)7-11-8-15-11/h3,5,9-11H,1-2,4,6-8H2/t10-,11-/m0/s1. The molecule has 4 nitrogen and oxygen atoms in total. The topological polar surface area (TPSA) is 33.6 Å². The van der Waals surface area contributed by atoms with Crippen LogP contribution >= 0.6 is 0 Å². The first-order chi connectivity index (χ1) is 7.42. The van der Waals surface area contributed by atoms with E-state index in [0.717, 1.165) is 19.7 Å². The van der Waals surface area contributed by atoms with Gasteiger partial charge in [0.15, 0.2) is 0 Å². The first-order valence-electron chi connectivity index (χ1n) is 5.73. The molecule has 0 aliphatic carbocycles. The summed E-state index contributed by atoms with van der Waals surface area (Å²) in [5, 5.41) is 0. The number of aromatic nitrogens is 2. The van der Waals surface area contributed by atoms with Crippen molar-refractivity contribution >= 4 is 0 Å². The number of epoxide rings is 1. The van der Waals surface area contributed by atoms with E-state index in [1.807, 2.05) is 12.5 Å². The van der Waals surface area contributed by atoms with Crippen LogP contribution in [0.15, 0.2) is 18.7 Å². The van der Waals surface area contributed by atoms with Crippen molar-refractivity contribution in [2.45, 2.75) is 25.0 Å². The molecule has 2 aliphatic heterocycles. The Balaban J connectivity index is 1.60. The van der Waals surface area contributed by atoms with Crippen LogP contribution in [0.2, 0.25) is 0 Å². The fourth-order valence-corrected chi connectivity index (χ4v) is 2.39. The molecule has 0 radical (unpaired) electrons. The van der Waals surface area contributed by atoms with E-state index in [-0.39, 0.29) is 0 Å². The van der Waals surface area contributed by atoms with Gasteiger partial charge in [0.1, 0.15) is 0 Å². The molecule has 0 spiro atoms. The molecule has 4 heteroatoms. The maximum atomic E-state index is 5.28. The first-order valence-corrected chi connectivity index (χ1v) is 5.73. The van der Waals surface area contributed by atoms with Crippen LogP contribution in [0.4, 0.5) is 0 Å². The lowest BCUT2D eigenvalue weighted by atomic mass is 10.1. The number of hydrogen-bond donors (Lipinski definition) is 0. The molecule has 2 saturated heterocycles. The Morgan fingerprint density at radius 3 is 3.13 bits per heavy atom. The predicted octanol–water partition coefficient (Wildman–Crippen LogP) is 0.919. The van der Waals surface area contributed by atoms with Crippen LogP contribution in [0.5, 0.6) is 0 Å². The maximum Gasteiger partial charge on any atom is 0.0948 e. The lowest BCUT2D eigenvalue weighted by molar-refractivity contribution is 0.164. The van der Waals surface area contributed by atoms with Crippen LogP contribution in [0, 0.1) is 0 Å². The minimum Gasteiger partial charge on any atom is -0.372 e. The molecular formula is C11H17N3O. The summed E-state index contributed by atoms with van der Waals surface area (Å²) < 4.78 is 7.51. The number of imidazole rings is 1. The van der Waals surface area contributed by atoms with Crippen LogP contribution in [0.25, 0.3) is 0 Å². The van der Waals surface area contributed by atoms with Gasteiger partial charge >= 0.3 is 0 Å². The van der Waals surface area contributed by atoms with Crippen molar-refractivity contribution in [2.24, 2.45) is 0 Å². The lowest BCUT2D eigenvalue weighted by Crippen LogP contribution is -2.38. The lowest BCUT2D eigenvalue weighted by Gasteiger charge is -2.32. The molecule has 2 atom stereocenters. The molecule has 3 rings (SSSR count). The second-order valence-electron chi connectivity index (χ2n) is 4.52. The molecule has 2 aliphatic rings. The van der Waals surface area contributed by atoms with Gasteiger partial charge in [-0.15, -0.1) is 0 Å². The fraction of sp³-hybridized carbons (Fsp3) is 0.727. The van der Waals surface area contributed by atoms with E-state index < -0.39 is 0 Å². The van der Waals surface area contributed by atoms with Gasteiger partial charge in [-0.05, 0) is 19.4 Å². The van der Waals surface area contributed by atoms with Gasteiger partial charge in [-0.3, -0.25) is 4.90 Å². The highest BCUT2D eigenvalue weighted by Crippen LogP contribution is 2.22. The maximum absolute atomic E-state index is 5.28. The Morgan fingerprint density at radius 2 is 2.40 bits per heavy atom. The van der Waals surface area contributed by atoms with Crippen LogP contribution in [0.1, 0.15) is 18.9 Å². The summed E-state index contributed by atoms with van der Waals surface area (Å²) in [5.41, 5.74) is 0. The number of ether oxygens (including phenoxy) is 1. The third kappa shape index (κ3) is 2.21. The Labute approximate surface area is 89.9 Å². The molecule has 0 unspecified atom stereocenters. The molecule has 0 amide bonds. The van der Waals surface area contributed by atoms with E-state index in [1.54, 1.807) is 0 Å². The zero-order valence-electron chi connectivity index (χ0n) is 8.88. The quantitative estimate of drug-likeness (QED) is 0.691. The third-order valence-electron chi connectivity index (χ3n) is 3.29.